The zero-order valence-electron chi connectivity index (χ0n) is 15.2. The largest absolute Gasteiger partial charge is 0.481 e. The number of halogens is 1. The van der Waals surface area contributed by atoms with Gasteiger partial charge in [0.05, 0.1) is 5.54 Å². The average molecular weight is 384 g/mol. The van der Waals surface area contributed by atoms with Gasteiger partial charge in [0.1, 0.15) is 5.92 Å². The lowest BCUT2D eigenvalue weighted by Crippen LogP contribution is -2.58. The van der Waals surface area contributed by atoms with Gasteiger partial charge in [0.15, 0.2) is 0 Å². The topological polar surface area (TPSA) is 57.6 Å². The molecule has 1 saturated carbocycles. The molecule has 2 aromatic carbocycles. The number of amides is 1. The molecule has 4 nitrogen and oxygen atoms in total. The number of carbonyl (C=O) groups is 2. The van der Waals surface area contributed by atoms with Crippen LogP contribution in [0.2, 0.25) is 5.02 Å². The van der Waals surface area contributed by atoms with E-state index in [1.54, 1.807) is 18.2 Å². The van der Waals surface area contributed by atoms with Crippen LogP contribution in [0.5, 0.6) is 0 Å². The molecular weight excluding hydrogens is 362 g/mol. The molecule has 1 unspecified atom stereocenters. The van der Waals surface area contributed by atoms with Crippen molar-refractivity contribution in [1.82, 2.24) is 4.90 Å². The number of fused-ring (bicyclic) bond motifs is 1. The van der Waals surface area contributed by atoms with Crippen LogP contribution in [0.4, 0.5) is 0 Å². The second kappa shape index (κ2) is 6.68. The van der Waals surface area contributed by atoms with Gasteiger partial charge in [-0.2, -0.15) is 0 Å². The first kappa shape index (κ1) is 18.1. The first-order valence-electron chi connectivity index (χ1n) is 9.32. The highest BCUT2D eigenvalue weighted by Gasteiger charge is 2.55. The van der Waals surface area contributed by atoms with Crippen molar-refractivity contribution in [2.24, 2.45) is 0 Å². The summed E-state index contributed by atoms with van der Waals surface area (Å²) in [7, 11) is 0. The van der Waals surface area contributed by atoms with Gasteiger partial charge in [0.2, 0.25) is 0 Å². The van der Waals surface area contributed by atoms with Crippen molar-refractivity contribution in [2.75, 3.05) is 0 Å². The van der Waals surface area contributed by atoms with Crippen LogP contribution in [-0.2, 0) is 11.3 Å². The van der Waals surface area contributed by atoms with Crippen LogP contribution in [0.15, 0.2) is 42.5 Å². The normalized spacial score (nSPS) is 20.7. The van der Waals surface area contributed by atoms with E-state index in [1.165, 1.54) is 0 Å². The summed E-state index contributed by atoms with van der Waals surface area (Å²) in [6.45, 7) is 2.33. The standard InChI is InChI=1S/C22H22ClNO3/c1-14-4-9-17-18(12-14)19(21(26)27)22(10-2-3-11-22)24(20(17)25)13-15-5-7-16(23)8-6-15/h4-9,12,19H,2-3,10-11,13H2,1H3,(H,26,27). The predicted octanol–water partition coefficient (Wildman–Crippen LogP) is 4.79. The van der Waals surface area contributed by atoms with Gasteiger partial charge in [-0.1, -0.05) is 54.3 Å². The van der Waals surface area contributed by atoms with Crippen LogP contribution in [0, 0.1) is 6.92 Å². The second-order valence-electron chi connectivity index (χ2n) is 7.69. The third-order valence-corrected chi connectivity index (χ3v) is 6.29. The zero-order chi connectivity index (χ0) is 19.2. The lowest BCUT2D eigenvalue weighted by atomic mass is 9.71. The molecule has 1 aliphatic carbocycles. The molecule has 0 radical (unpaired) electrons. The molecule has 1 fully saturated rings. The molecule has 140 valence electrons. The minimum Gasteiger partial charge on any atom is -0.481 e. The zero-order valence-corrected chi connectivity index (χ0v) is 16.0. The highest BCUT2D eigenvalue weighted by Crippen LogP contribution is 2.51. The number of hydrogen-bond acceptors (Lipinski definition) is 2. The molecule has 1 heterocycles. The Morgan fingerprint density at radius 3 is 2.48 bits per heavy atom. The van der Waals surface area contributed by atoms with Crippen LogP contribution < -0.4 is 0 Å². The fourth-order valence-electron chi connectivity index (χ4n) is 4.82. The van der Waals surface area contributed by atoms with Crippen molar-refractivity contribution in [3.8, 4) is 0 Å². The number of aryl methyl sites for hydroxylation is 1. The molecular formula is C22H22ClNO3. The molecule has 1 spiro atoms. The van der Waals surface area contributed by atoms with Crippen molar-refractivity contribution in [3.05, 3.63) is 69.7 Å². The average Bonchev–Trinajstić information content (AvgIpc) is 3.09. The molecule has 1 amide bonds. The first-order valence-corrected chi connectivity index (χ1v) is 9.70. The van der Waals surface area contributed by atoms with Crippen molar-refractivity contribution >= 4 is 23.5 Å². The maximum Gasteiger partial charge on any atom is 0.313 e. The van der Waals surface area contributed by atoms with Crippen molar-refractivity contribution in [3.63, 3.8) is 0 Å². The van der Waals surface area contributed by atoms with Crippen molar-refractivity contribution in [2.45, 2.75) is 50.6 Å². The molecule has 0 saturated heterocycles. The summed E-state index contributed by atoms with van der Waals surface area (Å²) in [5, 5.41) is 10.8. The molecule has 1 N–H and O–H groups in total. The van der Waals surface area contributed by atoms with Gasteiger partial charge in [-0.05, 0) is 49.1 Å². The van der Waals surface area contributed by atoms with E-state index < -0.39 is 17.4 Å². The number of rotatable bonds is 3. The summed E-state index contributed by atoms with van der Waals surface area (Å²) >= 11 is 5.99. The highest BCUT2D eigenvalue weighted by molar-refractivity contribution is 6.30. The predicted molar refractivity (Wildman–Crippen MR) is 104 cm³/mol. The Bertz CT molecular complexity index is 900. The monoisotopic (exact) mass is 383 g/mol. The lowest BCUT2D eigenvalue weighted by molar-refractivity contribution is -0.143. The number of carboxylic acids is 1. The number of aliphatic carboxylic acids is 1. The SMILES string of the molecule is Cc1ccc2c(c1)C(C(=O)O)C1(CCCC1)N(Cc1ccc(Cl)cc1)C2=O. The molecule has 4 rings (SSSR count). The molecule has 2 aliphatic rings. The third kappa shape index (κ3) is 2.92. The smallest absolute Gasteiger partial charge is 0.313 e. The van der Waals surface area contributed by atoms with Crippen LogP contribution in [-0.4, -0.2) is 27.4 Å². The van der Waals surface area contributed by atoms with E-state index in [0.29, 0.717) is 22.7 Å². The quantitative estimate of drug-likeness (QED) is 0.829. The molecule has 0 bridgehead atoms. The summed E-state index contributed by atoms with van der Waals surface area (Å²) in [5.41, 5.74) is 2.45. The number of nitrogens with zero attached hydrogens (tertiary/aromatic N) is 1. The van der Waals surface area contributed by atoms with E-state index in [9.17, 15) is 14.7 Å². The second-order valence-corrected chi connectivity index (χ2v) is 8.13. The maximum atomic E-state index is 13.4. The molecule has 27 heavy (non-hydrogen) atoms. The molecule has 1 atom stereocenters. The molecule has 5 heteroatoms. The van der Waals surface area contributed by atoms with Crippen molar-refractivity contribution in [1.29, 1.82) is 0 Å². The van der Waals surface area contributed by atoms with E-state index in [0.717, 1.165) is 36.8 Å². The Balaban J connectivity index is 1.86. The fourth-order valence-corrected chi connectivity index (χ4v) is 4.94. The Kier molecular flexibility index (Phi) is 4.47. The number of benzene rings is 2. The Labute approximate surface area is 163 Å². The highest BCUT2D eigenvalue weighted by atomic mass is 35.5. The van der Waals surface area contributed by atoms with Gasteiger partial charge in [-0.3, -0.25) is 9.59 Å². The van der Waals surface area contributed by atoms with E-state index in [4.69, 9.17) is 11.6 Å². The van der Waals surface area contributed by atoms with E-state index >= 15 is 0 Å². The molecule has 0 aromatic heterocycles. The van der Waals surface area contributed by atoms with Crippen LogP contribution >= 0.6 is 11.6 Å². The summed E-state index contributed by atoms with van der Waals surface area (Å²) < 4.78 is 0. The van der Waals surface area contributed by atoms with Crippen LogP contribution in [0.3, 0.4) is 0 Å². The first-order chi connectivity index (χ1) is 12.9. The van der Waals surface area contributed by atoms with Crippen molar-refractivity contribution < 1.29 is 14.7 Å². The minimum absolute atomic E-state index is 0.0700. The number of carboxylic acid groups (broad SMARTS) is 1. The van der Waals surface area contributed by atoms with E-state index in [2.05, 4.69) is 0 Å². The van der Waals surface area contributed by atoms with Crippen LogP contribution in [0.1, 0.15) is 58.6 Å². The molecule has 2 aromatic rings. The van der Waals surface area contributed by atoms with Gasteiger partial charge in [0, 0.05) is 17.1 Å². The van der Waals surface area contributed by atoms with E-state index in [1.807, 2.05) is 36.1 Å². The van der Waals surface area contributed by atoms with E-state index in [-0.39, 0.29) is 5.91 Å². The summed E-state index contributed by atoms with van der Waals surface area (Å²) in [5.74, 6) is -1.61. The van der Waals surface area contributed by atoms with Gasteiger partial charge in [-0.15, -0.1) is 0 Å². The third-order valence-electron chi connectivity index (χ3n) is 6.04. The van der Waals surface area contributed by atoms with Crippen LogP contribution in [0.25, 0.3) is 0 Å². The van der Waals surface area contributed by atoms with Gasteiger partial charge >= 0.3 is 5.97 Å². The summed E-state index contributed by atoms with van der Waals surface area (Å²) in [4.78, 5) is 27.6. The van der Waals surface area contributed by atoms with Gasteiger partial charge in [0.25, 0.3) is 5.91 Å². The maximum absolute atomic E-state index is 13.4. The van der Waals surface area contributed by atoms with Gasteiger partial charge in [-0.25, -0.2) is 0 Å². The Morgan fingerprint density at radius 1 is 1.19 bits per heavy atom. The molecule has 1 aliphatic heterocycles. The lowest BCUT2D eigenvalue weighted by Gasteiger charge is -2.49. The number of carbonyl (C=O) groups excluding carboxylic acids is 1. The Hall–Kier alpha value is -2.33. The summed E-state index contributed by atoms with van der Waals surface area (Å²) in [6.07, 6.45) is 3.32. The fraction of sp³-hybridized carbons (Fsp3) is 0.364. The minimum atomic E-state index is -0.850. The van der Waals surface area contributed by atoms with Gasteiger partial charge < -0.3 is 10.0 Å². The summed E-state index contributed by atoms with van der Waals surface area (Å²) in [6, 6.07) is 12.9. The number of hydrogen-bond donors (Lipinski definition) is 1. The Morgan fingerprint density at radius 2 is 1.85 bits per heavy atom.